The Balaban J connectivity index is 2.29. The molecule has 0 amide bonds. The number of hydrogen-bond acceptors (Lipinski definition) is 2. The van der Waals surface area contributed by atoms with Crippen molar-refractivity contribution in [2.45, 2.75) is 13.3 Å². The standard InChI is InChI=1S/C11H11ClN2O2/c1-7(11(15)16)4-9-6-14-3-2-8(12)5-10(14)13-9/h2-3,5-7H,4H2,1H3,(H,15,16). The van der Waals surface area contributed by atoms with Crippen LogP contribution in [0.5, 0.6) is 0 Å². The second kappa shape index (κ2) is 4.14. The molecule has 0 bridgehead atoms. The Morgan fingerprint density at radius 1 is 1.69 bits per heavy atom. The van der Waals surface area contributed by atoms with Crippen LogP contribution in [0.4, 0.5) is 0 Å². The summed E-state index contributed by atoms with van der Waals surface area (Å²) >= 11 is 5.84. The van der Waals surface area contributed by atoms with Gasteiger partial charge in [-0.25, -0.2) is 4.98 Å². The monoisotopic (exact) mass is 238 g/mol. The summed E-state index contributed by atoms with van der Waals surface area (Å²) in [5.74, 6) is -1.24. The van der Waals surface area contributed by atoms with Crippen LogP contribution in [0.2, 0.25) is 5.02 Å². The van der Waals surface area contributed by atoms with Crippen LogP contribution in [-0.2, 0) is 11.2 Å². The van der Waals surface area contributed by atoms with Gasteiger partial charge >= 0.3 is 5.97 Å². The number of carbonyl (C=O) groups is 1. The summed E-state index contributed by atoms with van der Waals surface area (Å²) in [6.45, 7) is 1.67. The van der Waals surface area contributed by atoms with Gasteiger partial charge in [0, 0.05) is 23.8 Å². The van der Waals surface area contributed by atoms with Crippen LogP contribution in [0.25, 0.3) is 5.65 Å². The van der Waals surface area contributed by atoms with Crippen LogP contribution >= 0.6 is 11.6 Å². The summed E-state index contributed by atoms with van der Waals surface area (Å²) in [6, 6.07) is 3.51. The number of halogens is 1. The summed E-state index contributed by atoms with van der Waals surface area (Å²) in [6.07, 6.45) is 4.05. The maximum atomic E-state index is 10.7. The third-order valence-electron chi connectivity index (χ3n) is 2.41. The number of aliphatic carboxylic acids is 1. The molecule has 4 nitrogen and oxygen atoms in total. The van der Waals surface area contributed by atoms with Crippen molar-refractivity contribution in [3.8, 4) is 0 Å². The highest BCUT2D eigenvalue weighted by Crippen LogP contribution is 2.14. The van der Waals surface area contributed by atoms with E-state index in [9.17, 15) is 4.79 Å². The van der Waals surface area contributed by atoms with Crippen LogP contribution in [0.1, 0.15) is 12.6 Å². The normalized spacial score (nSPS) is 12.9. The Bertz CT molecular complexity index is 536. The van der Waals surface area contributed by atoms with Crippen molar-refractivity contribution in [1.29, 1.82) is 0 Å². The van der Waals surface area contributed by atoms with Gasteiger partial charge in [0.1, 0.15) is 5.65 Å². The van der Waals surface area contributed by atoms with Crippen molar-refractivity contribution in [2.75, 3.05) is 0 Å². The fraction of sp³-hybridized carbons (Fsp3) is 0.273. The molecule has 0 aliphatic carbocycles. The van der Waals surface area contributed by atoms with Gasteiger partial charge < -0.3 is 9.51 Å². The molecule has 0 aliphatic heterocycles. The summed E-state index contributed by atoms with van der Waals surface area (Å²) in [4.78, 5) is 15.0. The molecule has 0 saturated heterocycles. The Hall–Kier alpha value is -1.55. The van der Waals surface area contributed by atoms with Crippen molar-refractivity contribution in [2.24, 2.45) is 5.92 Å². The van der Waals surface area contributed by atoms with Crippen molar-refractivity contribution in [3.63, 3.8) is 0 Å². The molecule has 1 unspecified atom stereocenters. The number of rotatable bonds is 3. The molecule has 1 N–H and O–H groups in total. The second-order valence-electron chi connectivity index (χ2n) is 3.79. The first-order chi connectivity index (χ1) is 7.56. The van der Waals surface area contributed by atoms with E-state index in [4.69, 9.17) is 16.7 Å². The van der Waals surface area contributed by atoms with Gasteiger partial charge in [0.25, 0.3) is 0 Å². The summed E-state index contributed by atoms with van der Waals surface area (Å²) < 4.78 is 1.83. The molecule has 0 aromatic carbocycles. The largest absolute Gasteiger partial charge is 0.481 e. The topological polar surface area (TPSA) is 54.6 Å². The maximum absolute atomic E-state index is 10.7. The first-order valence-corrected chi connectivity index (χ1v) is 5.30. The fourth-order valence-electron chi connectivity index (χ4n) is 1.51. The highest BCUT2D eigenvalue weighted by molar-refractivity contribution is 6.30. The molecule has 0 spiro atoms. The van der Waals surface area contributed by atoms with Crippen LogP contribution in [0.3, 0.4) is 0 Å². The second-order valence-corrected chi connectivity index (χ2v) is 4.22. The molecular weight excluding hydrogens is 228 g/mol. The molecular formula is C11H11ClN2O2. The summed E-state index contributed by atoms with van der Waals surface area (Å²) in [5.41, 5.74) is 1.50. The van der Waals surface area contributed by atoms with E-state index in [1.54, 1.807) is 25.3 Å². The Morgan fingerprint density at radius 2 is 2.44 bits per heavy atom. The molecule has 0 fully saturated rings. The molecule has 0 aliphatic rings. The van der Waals surface area contributed by atoms with Gasteiger partial charge in [0.2, 0.25) is 0 Å². The molecule has 16 heavy (non-hydrogen) atoms. The van der Waals surface area contributed by atoms with E-state index in [1.165, 1.54) is 0 Å². The van der Waals surface area contributed by atoms with E-state index in [1.807, 2.05) is 10.6 Å². The minimum Gasteiger partial charge on any atom is -0.481 e. The van der Waals surface area contributed by atoms with E-state index in [0.717, 1.165) is 11.3 Å². The zero-order chi connectivity index (χ0) is 11.7. The van der Waals surface area contributed by atoms with E-state index < -0.39 is 11.9 Å². The van der Waals surface area contributed by atoms with Crippen LogP contribution in [0, 0.1) is 5.92 Å². The highest BCUT2D eigenvalue weighted by Gasteiger charge is 2.13. The number of fused-ring (bicyclic) bond motifs is 1. The number of pyridine rings is 1. The van der Waals surface area contributed by atoms with Crippen molar-refractivity contribution < 1.29 is 9.90 Å². The third-order valence-corrected chi connectivity index (χ3v) is 2.64. The minimum atomic E-state index is -0.810. The first kappa shape index (κ1) is 11.0. The zero-order valence-corrected chi connectivity index (χ0v) is 9.48. The van der Waals surface area contributed by atoms with Gasteiger partial charge in [-0.15, -0.1) is 0 Å². The van der Waals surface area contributed by atoms with E-state index in [0.29, 0.717) is 11.4 Å². The average Bonchev–Trinajstić information content (AvgIpc) is 2.58. The van der Waals surface area contributed by atoms with Crippen molar-refractivity contribution in [3.05, 3.63) is 35.2 Å². The number of carboxylic acid groups (broad SMARTS) is 1. The lowest BCUT2D eigenvalue weighted by atomic mass is 10.1. The number of hydrogen-bond donors (Lipinski definition) is 1. The molecule has 0 radical (unpaired) electrons. The zero-order valence-electron chi connectivity index (χ0n) is 8.72. The van der Waals surface area contributed by atoms with Crippen LogP contribution in [0.15, 0.2) is 24.5 Å². The first-order valence-electron chi connectivity index (χ1n) is 4.92. The maximum Gasteiger partial charge on any atom is 0.306 e. The Morgan fingerprint density at radius 3 is 3.12 bits per heavy atom. The average molecular weight is 239 g/mol. The highest BCUT2D eigenvalue weighted by atomic mass is 35.5. The predicted octanol–water partition coefficient (Wildman–Crippen LogP) is 2.25. The minimum absolute atomic E-state index is 0.425. The fourth-order valence-corrected chi connectivity index (χ4v) is 1.66. The Kier molecular flexibility index (Phi) is 2.83. The molecule has 84 valence electrons. The third kappa shape index (κ3) is 2.17. The molecule has 1 atom stereocenters. The van der Waals surface area contributed by atoms with Crippen LogP contribution in [-0.4, -0.2) is 20.5 Å². The summed E-state index contributed by atoms with van der Waals surface area (Å²) in [7, 11) is 0. The van der Waals surface area contributed by atoms with Gasteiger partial charge in [-0.2, -0.15) is 0 Å². The predicted molar refractivity (Wildman–Crippen MR) is 60.7 cm³/mol. The lowest BCUT2D eigenvalue weighted by molar-refractivity contribution is -0.141. The molecule has 0 saturated carbocycles. The molecule has 2 aromatic heterocycles. The lowest BCUT2D eigenvalue weighted by Crippen LogP contribution is -2.12. The van der Waals surface area contributed by atoms with Crippen LogP contribution < -0.4 is 0 Å². The lowest BCUT2D eigenvalue weighted by Gasteiger charge is -2.01. The number of nitrogens with zero attached hydrogens (tertiary/aromatic N) is 2. The SMILES string of the molecule is CC(Cc1cn2ccc(Cl)cc2n1)C(=O)O. The van der Waals surface area contributed by atoms with Crippen molar-refractivity contribution in [1.82, 2.24) is 9.38 Å². The number of imidazole rings is 1. The van der Waals surface area contributed by atoms with E-state index in [-0.39, 0.29) is 0 Å². The van der Waals surface area contributed by atoms with Gasteiger partial charge in [0.15, 0.2) is 0 Å². The van der Waals surface area contributed by atoms with E-state index in [2.05, 4.69) is 4.98 Å². The van der Waals surface area contributed by atoms with Gasteiger partial charge in [-0.1, -0.05) is 18.5 Å². The quantitative estimate of drug-likeness (QED) is 0.892. The smallest absolute Gasteiger partial charge is 0.306 e. The van der Waals surface area contributed by atoms with Crippen molar-refractivity contribution >= 4 is 23.2 Å². The van der Waals surface area contributed by atoms with Gasteiger partial charge in [-0.3, -0.25) is 4.79 Å². The molecule has 2 rings (SSSR count). The van der Waals surface area contributed by atoms with E-state index >= 15 is 0 Å². The van der Waals surface area contributed by atoms with Gasteiger partial charge in [0.05, 0.1) is 11.6 Å². The number of carboxylic acids is 1. The molecule has 2 aromatic rings. The van der Waals surface area contributed by atoms with Gasteiger partial charge in [-0.05, 0) is 12.1 Å². The molecule has 5 heteroatoms. The molecule has 2 heterocycles. The number of aromatic nitrogens is 2. The summed E-state index contributed by atoms with van der Waals surface area (Å²) in [5, 5.41) is 9.43. The Labute approximate surface area is 97.5 Å².